The van der Waals surface area contributed by atoms with Crippen molar-refractivity contribution in [3.05, 3.63) is 66.2 Å². The number of halogens is 1. The molecule has 1 unspecified atom stereocenters. The minimum Gasteiger partial charge on any atom is -1.00 e. The van der Waals surface area contributed by atoms with Crippen LogP contribution in [0.15, 0.2) is 60.7 Å². The lowest BCUT2D eigenvalue weighted by atomic mass is 10.2. The number of rotatable bonds is 7. The van der Waals surface area contributed by atoms with Gasteiger partial charge in [0.15, 0.2) is 0 Å². The van der Waals surface area contributed by atoms with Crippen molar-refractivity contribution >= 4 is 0 Å². The van der Waals surface area contributed by atoms with Crippen LogP contribution in [0.25, 0.3) is 0 Å². The maximum Gasteiger partial charge on any atom is 0.137 e. The highest BCUT2D eigenvalue weighted by atomic mass is 35.5. The Bertz CT molecular complexity index is 461. The Labute approximate surface area is 127 Å². The first-order valence-corrected chi connectivity index (χ1v) is 6.94. The van der Waals surface area contributed by atoms with E-state index in [-0.39, 0.29) is 12.4 Å². The van der Waals surface area contributed by atoms with E-state index in [2.05, 4.69) is 37.3 Å². The number of benzene rings is 2. The van der Waals surface area contributed by atoms with Crippen molar-refractivity contribution in [1.82, 2.24) is 0 Å². The maximum absolute atomic E-state index is 5.76. The van der Waals surface area contributed by atoms with Crippen LogP contribution in [0.5, 0.6) is 5.75 Å². The molecule has 1 atom stereocenters. The summed E-state index contributed by atoms with van der Waals surface area (Å²) in [6, 6.07) is 20.7. The fourth-order valence-corrected chi connectivity index (χ4v) is 2.10. The molecule has 0 saturated carbocycles. The second-order valence-electron chi connectivity index (χ2n) is 4.68. The molecule has 0 bridgehead atoms. The van der Waals surface area contributed by atoms with Crippen molar-refractivity contribution in [2.75, 3.05) is 19.7 Å². The molecule has 0 radical (unpaired) electrons. The molecule has 2 aromatic carbocycles. The molecule has 0 aliphatic carbocycles. The number of quaternary nitrogens is 1. The van der Waals surface area contributed by atoms with Crippen LogP contribution in [0.2, 0.25) is 0 Å². The largest absolute Gasteiger partial charge is 1.00 e. The quantitative estimate of drug-likeness (QED) is 0.703. The number of hydrogen-bond donors (Lipinski definition) is 1. The highest BCUT2D eigenvalue weighted by molar-refractivity contribution is 5.20. The molecule has 108 valence electrons. The molecule has 1 N–H and O–H groups in total. The van der Waals surface area contributed by atoms with Crippen molar-refractivity contribution in [3.8, 4) is 5.75 Å². The van der Waals surface area contributed by atoms with Gasteiger partial charge in [-0.1, -0.05) is 48.5 Å². The molecule has 0 aliphatic rings. The van der Waals surface area contributed by atoms with Gasteiger partial charge in [0.05, 0.1) is 6.54 Å². The number of likely N-dealkylation sites (N-methyl/N-ethyl adjacent to an activating group) is 1. The summed E-state index contributed by atoms with van der Waals surface area (Å²) in [4.78, 5) is 1.54. The normalized spacial score (nSPS) is 11.4. The summed E-state index contributed by atoms with van der Waals surface area (Å²) in [6.07, 6.45) is 0. The van der Waals surface area contributed by atoms with Gasteiger partial charge in [0, 0.05) is 5.56 Å². The van der Waals surface area contributed by atoms with E-state index < -0.39 is 0 Å². The molecular weight excluding hydrogens is 270 g/mol. The Hall–Kier alpha value is -1.51. The predicted octanol–water partition coefficient (Wildman–Crippen LogP) is -0.826. The third-order valence-electron chi connectivity index (χ3n) is 3.26. The van der Waals surface area contributed by atoms with Crippen molar-refractivity contribution < 1.29 is 22.0 Å². The van der Waals surface area contributed by atoms with Gasteiger partial charge in [-0.2, -0.15) is 0 Å². The molecule has 2 aromatic rings. The van der Waals surface area contributed by atoms with E-state index in [0.717, 1.165) is 32.0 Å². The van der Waals surface area contributed by atoms with Crippen LogP contribution in [-0.2, 0) is 6.54 Å². The molecule has 0 saturated heterocycles. The molecular formula is C17H22ClNO. The van der Waals surface area contributed by atoms with Crippen molar-refractivity contribution in [3.63, 3.8) is 0 Å². The summed E-state index contributed by atoms with van der Waals surface area (Å²) in [7, 11) is 0. The van der Waals surface area contributed by atoms with E-state index >= 15 is 0 Å². The number of ether oxygens (including phenoxy) is 1. The first-order valence-electron chi connectivity index (χ1n) is 6.94. The zero-order valence-electron chi connectivity index (χ0n) is 11.9. The van der Waals surface area contributed by atoms with Crippen LogP contribution in [-0.4, -0.2) is 19.7 Å². The highest BCUT2D eigenvalue weighted by Crippen LogP contribution is 2.07. The van der Waals surface area contributed by atoms with Crippen LogP contribution < -0.4 is 22.0 Å². The van der Waals surface area contributed by atoms with E-state index in [1.54, 1.807) is 4.90 Å². The third-order valence-corrected chi connectivity index (χ3v) is 3.26. The van der Waals surface area contributed by atoms with Crippen molar-refractivity contribution in [2.24, 2.45) is 0 Å². The summed E-state index contributed by atoms with van der Waals surface area (Å²) in [5, 5.41) is 0. The standard InChI is InChI=1S/C17H21NO.ClH/c1-2-18(15-16-9-5-3-6-10-16)13-14-19-17-11-7-4-8-12-17;/h3-12H,2,13-15H2,1H3;1H. The Morgan fingerprint density at radius 1 is 0.900 bits per heavy atom. The second kappa shape index (κ2) is 9.40. The summed E-state index contributed by atoms with van der Waals surface area (Å²) < 4.78 is 5.76. The van der Waals surface area contributed by atoms with Crippen LogP contribution in [0, 0.1) is 0 Å². The fourth-order valence-electron chi connectivity index (χ4n) is 2.10. The molecule has 2 nitrogen and oxygen atoms in total. The van der Waals surface area contributed by atoms with Gasteiger partial charge >= 0.3 is 0 Å². The Balaban J connectivity index is 0.00000200. The smallest absolute Gasteiger partial charge is 0.137 e. The molecule has 0 heterocycles. The fraction of sp³-hybridized carbons (Fsp3) is 0.294. The van der Waals surface area contributed by atoms with Gasteiger partial charge in [-0.05, 0) is 19.1 Å². The van der Waals surface area contributed by atoms with Gasteiger partial charge in [0.25, 0.3) is 0 Å². The highest BCUT2D eigenvalue weighted by Gasteiger charge is 2.06. The first-order chi connectivity index (χ1) is 9.38. The van der Waals surface area contributed by atoms with Gasteiger partial charge in [0.2, 0.25) is 0 Å². The van der Waals surface area contributed by atoms with Gasteiger partial charge < -0.3 is 22.0 Å². The lowest BCUT2D eigenvalue weighted by Crippen LogP contribution is -3.11. The number of para-hydroxylation sites is 1. The Morgan fingerprint density at radius 3 is 2.10 bits per heavy atom. The summed E-state index contributed by atoms with van der Waals surface area (Å²) in [6.45, 7) is 6.20. The van der Waals surface area contributed by atoms with Gasteiger partial charge in [-0.15, -0.1) is 0 Å². The monoisotopic (exact) mass is 291 g/mol. The maximum atomic E-state index is 5.76. The van der Waals surface area contributed by atoms with Gasteiger partial charge in [0.1, 0.15) is 25.4 Å². The molecule has 0 aliphatic heterocycles. The predicted molar refractivity (Wildman–Crippen MR) is 78.5 cm³/mol. The van der Waals surface area contributed by atoms with Crippen molar-refractivity contribution in [2.45, 2.75) is 13.5 Å². The van der Waals surface area contributed by atoms with Crippen LogP contribution in [0.3, 0.4) is 0 Å². The van der Waals surface area contributed by atoms with E-state index in [4.69, 9.17) is 4.74 Å². The second-order valence-corrected chi connectivity index (χ2v) is 4.68. The van der Waals surface area contributed by atoms with Crippen LogP contribution in [0.1, 0.15) is 12.5 Å². The molecule has 0 fully saturated rings. The first kappa shape index (κ1) is 16.5. The number of hydrogen-bond acceptors (Lipinski definition) is 1. The lowest BCUT2D eigenvalue weighted by molar-refractivity contribution is -0.912. The summed E-state index contributed by atoms with van der Waals surface area (Å²) in [5.74, 6) is 0.956. The zero-order chi connectivity index (χ0) is 13.3. The molecule has 0 aromatic heterocycles. The van der Waals surface area contributed by atoms with E-state index in [1.807, 2.05) is 30.3 Å². The average Bonchev–Trinajstić information content (AvgIpc) is 2.48. The molecule has 0 spiro atoms. The van der Waals surface area contributed by atoms with Crippen molar-refractivity contribution in [1.29, 1.82) is 0 Å². The van der Waals surface area contributed by atoms with E-state index in [0.29, 0.717) is 0 Å². The van der Waals surface area contributed by atoms with Gasteiger partial charge in [-0.3, -0.25) is 0 Å². The summed E-state index contributed by atoms with van der Waals surface area (Å²) in [5.41, 5.74) is 1.39. The summed E-state index contributed by atoms with van der Waals surface area (Å²) >= 11 is 0. The Kier molecular flexibility index (Phi) is 7.78. The minimum absolute atomic E-state index is 0. The topological polar surface area (TPSA) is 13.7 Å². The van der Waals surface area contributed by atoms with E-state index in [9.17, 15) is 0 Å². The third kappa shape index (κ3) is 5.64. The Morgan fingerprint density at radius 2 is 1.50 bits per heavy atom. The van der Waals surface area contributed by atoms with E-state index in [1.165, 1.54) is 5.56 Å². The number of nitrogens with one attached hydrogen (secondary N) is 1. The average molecular weight is 292 g/mol. The SMILES string of the molecule is CC[NH+](CCOc1ccccc1)Cc1ccccc1.[Cl-]. The van der Waals surface area contributed by atoms with Crippen LogP contribution >= 0.6 is 0 Å². The molecule has 0 amide bonds. The molecule has 2 rings (SSSR count). The zero-order valence-corrected chi connectivity index (χ0v) is 12.6. The van der Waals surface area contributed by atoms with Gasteiger partial charge in [-0.25, -0.2) is 0 Å². The lowest BCUT2D eigenvalue weighted by Gasteiger charge is -2.18. The van der Waals surface area contributed by atoms with Crippen LogP contribution in [0.4, 0.5) is 0 Å². The molecule has 20 heavy (non-hydrogen) atoms. The molecule has 3 heteroatoms. The minimum atomic E-state index is 0.